The minimum Gasteiger partial charge on any atom is -0.300 e. The van der Waals surface area contributed by atoms with Crippen LogP contribution in [-0.4, -0.2) is 16.7 Å². The first-order valence-corrected chi connectivity index (χ1v) is 7.14. The molecule has 0 aromatic rings. The van der Waals surface area contributed by atoms with Crippen LogP contribution in [0.15, 0.2) is 0 Å². The van der Waals surface area contributed by atoms with Gasteiger partial charge in [-0.2, -0.15) is 0 Å². The molecule has 1 heterocycles. The van der Waals surface area contributed by atoms with Crippen LogP contribution in [0.2, 0.25) is 0 Å². The molecule has 1 saturated carbocycles. The number of hydrogen-bond acceptors (Lipinski definition) is 2. The average Bonchev–Trinajstić information content (AvgIpc) is 2.17. The molecule has 2 aliphatic rings. The molecule has 0 radical (unpaired) electrons. The van der Waals surface area contributed by atoms with Gasteiger partial charge in [0.1, 0.15) is 0 Å². The van der Waals surface area contributed by atoms with Gasteiger partial charge in [0.15, 0.2) is 0 Å². The molecule has 0 amide bonds. The number of thioether (sulfide) groups is 1. The Kier molecular flexibility index (Phi) is 3.43. The zero-order valence-corrected chi connectivity index (χ0v) is 10.3. The van der Waals surface area contributed by atoms with E-state index in [0.717, 1.165) is 12.0 Å². The Balaban J connectivity index is 1.99. The fourth-order valence-electron chi connectivity index (χ4n) is 2.95. The lowest BCUT2D eigenvalue weighted by Crippen LogP contribution is -2.52. The van der Waals surface area contributed by atoms with Gasteiger partial charge in [-0.3, -0.25) is 0 Å². The van der Waals surface area contributed by atoms with Crippen LogP contribution in [0.5, 0.6) is 0 Å². The highest BCUT2D eigenvalue weighted by atomic mass is 32.2. The standard InChI is InChI=1S/C12H23NS/c1-3-11-5-4-7-12(9-11)13-10(2)6-8-14-12/h10-11,13H,3-9H2,1-2H3. The molecule has 82 valence electrons. The first-order chi connectivity index (χ1) is 6.74. The third-order valence-corrected chi connectivity index (χ3v) is 5.31. The molecule has 1 spiro atoms. The third kappa shape index (κ3) is 2.27. The summed E-state index contributed by atoms with van der Waals surface area (Å²) in [5.74, 6) is 2.35. The average molecular weight is 213 g/mol. The van der Waals surface area contributed by atoms with Crippen molar-refractivity contribution in [3.8, 4) is 0 Å². The van der Waals surface area contributed by atoms with E-state index in [1.165, 1.54) is 44.3 Å². The molecule has 1 N–H and O–H groups in total. The second kappa shape index (κ2) is 4.44. The van der Waals surface area contributed by atoms with Gasteiger partial charge >= 0.3 is 0 Å². The van der Waals surface area contributed by atoms with E-state index in [-0.39, 0.29) is 0 Å². The molecule has 14 heavy (non-hydrogen) atoms. The van der Waals surface area contributed by atoms with Gasteiger partial charge < -0.3 is 5.32 Å². The second-order valence-electron chi connectivity index (χ2n) is 5.05. The molecule has 0 bridgehead atoms. The van der Waals surface area contributed by atoms with Crippen LogP contribution in [0.25, 0.3) is 0 Å². The van der Waals surface area contributed by atoms with Gasteiger partial charge in [0.05, 0.1) is 4.87 Å². The SMILES string of the molecule is CCC1CCCC2(C1)NC(C)CCS2. The van der Waals surface area contributed by atoms with Crippen molar-refractivity contribution in [1.82, 2.24) is 5.32 Å². The van der Waals surface area contributed by atoms with E-state index >= 15 is 0 Å². The summed E-state index contributed by atoms with van der Waals surface area (Å²) in [6.45, 7) is 4.69. The summed E-state index contributed by atoms with van der Waals surface area (Å²) >= 11 is 2.20. The molecular formula is C12H23NS. The summed E-state index contributed by atoms with van der Waals surface area (Å²) in [6.07, 6.45) is 8.44. The fourth-order valence-corrected chi connectivity index (χ4v) is 4.74. The second-order valence-corrected chi connectivity index (χ2v) is 6.53. The van der Waals surface area contributed by atoms with E-state index in [1.54, 1.807) is 0 Å². The Morgan fingerprint density at radius 3 is 3.00 bits per heavy atom. The Morgan fingerprint density at radius 1 is 1.43 bits per heavy atom. The summed E-state index contributed by atoms with van der Waals surface area (Å²) in [4.78, 5) is 0.469. The summed E-state index contributed by atoms with van der Waals surface area (Å²) in [5.41, 5.74) is 0. The lowest BCUT2D eigenvalue weighted by molar-refractivity contribution is 0.232. The predicted molar refractivity (Wildman–Crippen MR) is 64.7 cm³/mol. The molecule has 3 unspecified atom stereocenters. The molecule has 2 fully saturated rings. The Bertz CT molecular complexity index is 191. The number of rotatable bonds is 1. The number of nitrogens with one attached hydrogen (secondary N) is 1. The van der Waals surface area contributed by atoms with E-state index in [0.29, 0.717) is 4.87 Å². The summed E-state index contributed by atoms with van der Waals surface area (Å²) in [6, 6.07) is 0.742. The molecule has 1 aliphatic carbocycles. The van der Waals surface area contributed by atoms with Crippen molar-refractivity contribution in [1.29, 1.82) is 0 Å². The highest BCUT2D eigenvalue weighted by molar-refractivity contribution is 8.00. The van der Waals surface area contributed by atoms with Crippen LogP contribution >= 0.6 is 11.8 Å². The van der Waals surface area contributed by atoms with Gasteiger partial charge in [-0.15, -0.1) is 11.8 Å². The van der Waals surface area contributed by atoms with Gasteiger partial charge in [-0.1, -0.05) is 26.2 Å². The van der Waals surface area contributed by atoms with Crippen molar-refractivity contribution in [3.63, 3.8) is 0 Å². The molecule has 2 heteroatoms. The minimum atomic E-state index is 0.469. The fraction of sp³-hybridized carbons (Fsp3) is 1.00. The molecule has 1 nitrogen and oxygen atoms in total. The van der Waals surface area contributed by atoms with Gasteiger partial charge in [0.2, 0.25) is 0 Å². The van der Waals surface area contributed by atoms with Gasteiger partial charge in [0.25, 0.3) is 0 Å². The van der Waals surface area contributed by atoms with Crippen molar-refractivity contribution in [2.75, 3.05) is 5.75 Å². The van der Waals surface area contributed by atoms with E-state index in [1.807, 2.05) is 0 Å². The van der Waals surface area contributed by atoms with Crippen LogP contribution in [0.4, 0.5) is 0 Å². The van der Waals surface area contributed by atoms with E-state index in [2.05, 4.69) is 30.9 Å². The molecule has 1 saturated heterocycles. The van der Waals surface area contributed by atoms with Crippen molar-refractivity contribution in [2.24, 2.45) is 5.92 Å². The summed E-state index contributed by atoms with van der Waals surface area (Å²) in [7, 11) is 0. The highest BCUT2D eigenvalue weighted by Gasteiger charge is 2.38. The Hall–Kier alpha value is 0.310. The van der Waals surface area contributed by atoms with E-state index in [9.17, 15) is 0 Å². The van der Waals surface area contributed by atoms with Gasteiger partial charge in [-0.25, -0.2) is 0 Å². The van der Waals surface area contributed by atoms with Crippen LogP contribution in [-0.2, 0) is 0 Å². The van der Waals surface area contributed by atoms with E-state index in [4.69, 9.17) is 0 Å². The van der Waals surface area contributed by atoms with E-state index < -0.39 is 0 Å². The smallest absolute Gasteiger partial charge is 0.0649 e. The third-order valence-electron chi connectivity index (χ3n) is 3.83. The minimum absolute atomic E-state index is 0.469. The monoisotopic (exact) mass is 213 g/mol. The van der Waals surface area contributed by atoms with Crippen LogP contribution in [0.1, 0.15) is 52.4 Å². The zero-order chi connectivity index (χ0) is 10.0. The number of hydrogen-bond donors (Lipinski definition) is 1. The Labute approximate surface area is 92.4 Å². The highest BCUT2D eigenvalue weighted by Crippen LogP contribution is 2.44. The molecule has 0 aromatic heterocycles. The maximum atomic E-state index is 3.86. The lowest BCUT2D eigenvalue weighted by atomic mass is 9.83. The molecule has 0 aromatic carbocycles. The van der Waals surface area contributed by atoms with Gasteiger partial charge in [0, 0.05) is 6.04 Å². The first kappa shape index (κ1) is 10.8. The maximum Gasteiger partial charge on any atom is 0.0649 e. The van der Waals surface area contributed by atoms with Crippen molar-refractivity contribution >= 4 is 11.8 Å². The van der Waals surface area contributed by atoms with Crippen molar-refractivity contribution in [2.45, 2.75) is 63.3 Å². The van der Waals surface area contributed by atoms with Crippen LogP contribution in [0, 0.1) is 5.92 Å². The van der Waals surface area contributed by atoms with Gasteiger partial charge in [-0.05, 0) is 37.9 Å². The normalized spacial score (nSPS) is 44.1. The van der Waals surface area contributed by atoms with Crippen molar-refractivity contribution < 1.29 is 0 Å². The topological polar surface area (TPSA) is 12.0 Å². The molecular weight excluding hydrogens is 190 g/mol. The van der Waals surface area contributed by atoms with Crippen LogP contribution < -0.4 is 5.32 Å². The molecule has 3 atom stereocenters. The lowest BCUT2D eigenvalue weighted by Gasteiger charge is -2.46. The largest absolute Gasteiger partial charge is 0.300 e. The summed E-state index contributed by atoms with van der Waals surface area (Å²) in [5, 5.41) is 3.86. The Morgan fingerprint density at radius 2 is 2.29 bits per heavy atom. The molecule has 1 aliphatic heterocycles. The summed E-state index contributed by atoms with van der Waals surface area (Å²) < 4.78 is 0. The maximum absolute atomic E-state index is 3.86. The zero-order valence-electron chi connectivity index (χ0n) is 9.51. The first-order valence-electron chi connectivity index (χ1n) is 6.16. The van der Waals surface area contributed by atoms with Crippen LogP contribution in [0.3, 0.4) is 0 Å². The molecule has 2 rings (SSSR count). The van der Waals surface area contributed by atoms with Crippen molar-refractivity contribution in [3.05, 3.63) is 0 Å². The quantitative estimate of drug-likeness (QED) is 0.716. The predicted octanol–water partition coefficient (Wildman–Crippen LogP) is 3.40.